The van der Waals surface area contributed by atoms with Crippen molar-refractivity contribution < 1.29 is 4.74 Å². The number of rotatable bonds is 3. The summed E-state index contributed by atoms with van der Waals surface area (Å²) >= 11 is 13.7. The normalized spacial score (nSPS) is 20.0. The van der Waals surface area contributed by atoms with E-state index in [2.05, 4.69) is 17.0 Å². The van der Waals surface area contributed by atoms with Gasteiger partial charge in [-0.05, 0) is 54.6 Å². The van der Waals surface area contributed by atoms with E-state index in [9.17, 15) is 0 Å². The van der Waals surface area contributed by atoms with Gasteiger partial charge in [-0.1, -0.05) is 35.3 Å². The topological polar surface area (TPSA) is 24.8 Å². The fraction of sp³-hybridized carbons (Fsp3) is 0.316. The minimum atomic E-state index is 0.389. The molecule has 1 fully saturated rings. The Morgan fingerprint density at radius 2 is 1.80 bits per heavy atom. The summed E-state index contributed by atoms with van der Waals surface area (Å²) in [5, 5.41) is 1.02. The van der Waals surface area contributed by atoms with E-state index in [4.69, 9.17) is 32.3 Å². The van der Waals surface area contributed by atoms with Crippen LogP contribution in [0.15, 0.2) is 46.9 Å². The van der Waals surface area contributed by atoms with Crippen LogP contribution in [0.1, 0.15) is 24.3 Å². The van der Waals surface area contributed by atoms with Crippen molar-refractivity contribution in [3.63, 3.8) is 0 Å². The third kappa shape index (κ3) is 3.76. The Balaban J connectivity index is 1.51. The monoisotopic (exact) mass is 392 g/mol. The van der Waals surface area contributed by atoms with Gasteiger partial charge in [0.25, 0.3) is 0 Å². The zero-order valence-electron chi connectivity index (χ0n) is 13.6. The molecule has 0 spiro atoms. The molecule has 0 aromatic heterocycles. The third-order valence-corrected chi connectivity index (χ3v) is 6.00. The van der Waals surface area contributed by atoms with Crippen molar-refractivity contribution in [2.45, 2.75) is 18.8 Å². The Morgan fingerprint density at radius 3 is 2.60 bits per heavy atom. The number of ether oxygens (including phenoxy) is 1. The molecule has 3 nitrogen and oxygen atoms in total. The lowest BCUT2D eigenvalue weighted by molar-refractivity contribution is 0.371. The second kappa shape index (κ2) is 7.48. The smallest absolute Gasteiger partial charge is 0.129 e. The average Bonchev–Trinajstić information content (AvgIpc) is 2.65. The summed E-state index contributed by atoms with van der Waals surface area (Å²) in [4.78, 5) is 2.44. The largest absolute Gasteiger partial charge is 0.457 e. The summed E-state index contributed by atoms with van der Waals surface area (Å²) in [7, 11) is 0. The standard InChI is InChI=1S/C19H18Cl2N2OS/c20-17-8-7-15(12-18(17)21)24-14-5-3-13(4-6-14)16-2-1-9-23-10-11-25-22-19(16)23/h3-8,12,16H,1-2,9-11H2. The second-order valence-corrected chi connectivity index (χ2v) is 7.88. The van der Waals surface area contributed by atoms with Crippen molar-refractivity contribution in [1.29, 1.82) is 0 Å². The highest BCUT2D eigenvalue weighted by atomic mass is 35.5. The van der Waals surface area contributed by atoms with Gasteiger partial charge in [0.1, 0.15) is 17.3 Å². The van der Waals surface area contributed by atoms with Crippen molar-refractivity contribution in [2.24, 2.45) is 4.40 Å². The molecule has 0 amide bonds. The van der Waals surface area contributed by atoms with Gasteiger partial charge in [0, 0.05) is 30.8 Å². The van der Waals surface area contributed by atoms with Crippen LogP contribution >= 0.6 is 35.1 Å². The number of amidine groups is 1. The SMILES string of the molecule is Clc1ccc(Oc2ccc(C3CCCN4CCSN=C34)cc2)cc1Cl. The van der Waals surface area contributed by atoms with Crippen LogP contribution in [0.25, 0.3) is 0 Å². The van der Waals surface area contributed by atoms with Crippen molar-refractivity contribution in [1.82, 2.24) is 4.90 Å². The maximum absolute atomic E-state index is 6.04. The molecule has 2 heterocycles. The number of nitrogens with zero attached hydrogens (tertiary/aromatic N) is 2. The van der Waals surface area contributed by atoms with Gasteiger partial charge in [-0.2, -0.15) is 0 Å². The van der Waals surface area contributed by atoms with E-state index in [-0.39, 0.29) is 0 Å². The van der Waals surface area contributed by atoms with E-state index < -0.39 is 0 Å². The lowest BCUT2D eigenvalue weighted by atomic mass is 9.89. The Bertz CT molecular complexity index is 795. The van der Waals surface area contributed by atoms with Gasteiger partial charge in [0.2, 0.25) is 0 Å². The number of benzene rings is 2. The van der Waals surface area contributed by atoms with E-state index in [0.29, 0.717) is 21.7 Å². The predicted molar refractivity (Wildman–Crippen MR) is 106 cm³/mol. The minimum Gasteiger partial charge on any atom is -0.457 e. The molecule has 4 rings (SSSR count). The molecule has 0 saturated carbocycles. The molecule has 0 radical (unpaired) electrons. The Morgan fingerprint density at radius 1 is 1.00 bits per heavy atom. The van der Waals surface area contributed by atoms with Crippen LogP contribution in [0.5, 0.6) is 11.5 Å². The summed E-state index contributed by atoms with van der Waals surface area (Å²) in [6.07, 6.45) is 2.37. The molecule has 6 heteroatoms. The first kappa shape index (κ1) is 17.1. The summed E-state index contributed by atoms with van der Waals surface area (Å²) in [6, 6.07) is 13.6. The third-order valence-electron chi connectivity index (χ3n) is 4.58. The molecule has 2 aliphatic rings. The van der Waals surface area contributed by atoms with Gasteiger partial charge in [-0.3, -0.25) is 0 Å². The van der Waals surface area contributed by atoms with Crippen LogP contribution < -0.4 is 4.74 Å². The summed E-state index contributed by atoms with van der Waals surface area (Å²) < 4.78 is 10.6. The van der Waals surface area contributed by atoms with Crippen LogP contribution in [0.2, 0.25) is 10.0 Å². The highest BCUT2D eigenvalue weighted by molar-refractivity contribution is 7.98. The summed E-state index contributed by atoms with van der Waals surface area (Å²) in [5.74, 6) is 4.18. The van der Waals surface area contributed by atoms with Gasteiger partial charge >= 0.3 is 0 Å². The highest BCUT2D eigenvalue weighted by Crippen LogP contribution is 2.34. The van der Waals surface area contributed by atoms with E-state index in [1.807, 2.05) is 18.2 Å². The number of fused-ring (bicyclic) bond motifs is 1. The lowest BCUT2D eigenvalue weighted by Gasteiger charge is -2.37. The first-order chi connectivity index (χ1) is 12.2. The van der Waals surface area contributed by atoms with E-state index in [0.717, 1.165) is 31.0 Å². The average molecular weight is 393 g/mol. The van der Waals surface area contributed by atoms with Crippen molar-refractivity contribution in [3.05, 3.63) is 58.1 Å². The Labute approximate surface area is 162 Å². The molecule has 0 bridgehead atoms. The molecular formula is C19H18Cl2N2OS. The molecular weight excluding hydrogens is 375 g/mol. The van der Waals surface area contributed by atoms with Crippen LogP contribution in [-0.2, 0) is 0 Å². The molecule has 130 valence electrons. The lowest BCUT2D eigenvalue weighted by Crippen LogP contribution is -2.42. The molecule has 1 unspecified atom stereocenters. The Kier molecular flexibility index (Phi) is 5.11. The minimum absolute atomic E-state index is 0.389. The molecule has 25 heavy (non-hydrogen) atoms. The first-order valence-electron chi connectivity index (χ1n) is 8.38. The summed E-state index contributed by atoms with van der Waals surface area (Å²) in [6.45, 7) is 2.24. The van der Waals surface area contributed by atoms with Crippen LogP contribution in [0, 0.1) is 0 Å². The number of hydrogen-bond donors (Lipinski definition) is 0. The van der Waals surface area contributed by atoms with Crippen molar-refractivity contribution in [2.75, 3.05) is 18.8 Å². The molecule has 0 N–H and O–H groups in total. The fourth-order valence-electron chi connectivity index (χ4n) is 3.32. The zero-order chi connectivity index (χ0) is 17.2. The maximum Gasteiger partial charge on any atom is 0.129 e. The van der Waals surface area contributed by atoms with Gasteiger partial charge in [0.15, 0.2) is 0 Å². The number of piperidine rings is 1. The van der Waals surface area contributed by atoms with Crippen LogP contribution in [-0.4, -0.2) is 29.6 Å². The molecule has 2 aromatic rings. The second-order valence-electron chi connectivity index (χ2n) is 6.21. The van der Waals surface area contributed by atoms with E-state index >= 15 is 0 Å². The van der Waals surface area contributed by atoms with Crippen LogP contribution in [0.4, 0.5) is 0 Å². The first-order valence-corrected chi connectivity index (χ1v) is 10.1. The highest BCUT2D eigenvalue weighted by Gasteiger charge is 2.29. The quantitative estimate of drug-likeness (QED) is 0.596. The Hall–Kier alpha value is -1.36. The molecule has 1 saturated heterocycles. The number of halogens is 2. The van der Waals surface area contributed by atoms with E-state index in [1.54, 1.807) is 24.1 Å². The molecule has 1 atom stereocenters. The van der Waals surface area contributed by atoms with Gasteiger partial charge in [-0.15, -0.1) is 0 Å². The number of hydrogen-bond acceptors (Lipinski definition) is 4. The molecule has 0 aliphatic carbocycles. The van der Waals surface area contributed by atoms with Crippen molar-refractivity contribution in [3.8, 4) is 11.5 Å². The summed E-state index contributed by atoms with van der Waals surface area (Å²) in [5.41, 5.74) is 1.30. The van der Waals surface area contributed by atoms with Crippen LogP contribution in [0.3, 0.4) is 0 Å². The fourth-order valence-corrected chi connectivity index (χ4v) is 4.38. The van der Waals surface area contributed by atoms with E-state index in [1.165, 1.54) is 17.8 Å². The predicted octanol–water partition coefficient (Wildman–Crippen LogP) is 6.03. The van der Waals surface area contributed by atoms with Gasteiger partial charge in [0.05, 0.1) is 10.0 Å². The zero-order valence-corrected chi connectivity index (χ0v) is 15.9. The molecule has 2 aromatic carbocycles. The van der Waals surface area contributed by atoms with Crippen molar-refractivity contribution >= 4 is 41.0 Å². The van der Waals surface area contributed by atoms with Gasteiger partial charge < -0.3 is 9.64 Å². The molecule has 2 aliphatic heterocycles. The van der Waals surface area contributed by atoms with Gasteiger partial charge in [-0.25, -0.2) is 4.40 Å². The maximum atomic E-state index is 6.04.